The molecule has 0 aromatic carbocycles. The smallest absolute Gasteiger partial charge is 0.0667 e. The molecular weight excluding hydrogens is 178 g/mol. The number of nitrogens with zero attached hydrogens (tertiary/aromatic N) is 1. The van der Waals surface area contributed by atoms with E-state index in [1.54, 1.807) is 0 Å². The van der Waals surface area contributed by atoms with E-state index in [1.165, 1.54) is 12.8 Å². The number of likely N-dealkylation sites (tertiary alicyclic amines) is 1. The Balaban J connectivity index is 2.30. The first-order chi connectivity index (χ1) is 6.75. The Labute approximate surface area is 87.1 Å². The fourth-order valence-electron chi connectivity index (χ4n) is 2.17. The van der Waals surface area contributed by atoms with Crippen LogP contribution in [0.2, 0.25) is 0 Å². The molecule has 0 amide bonds. The molecule has 0 aliphatic carbocycles. The molecule has 14 heavy (non-hydrogen) atoms. The van der Waals surface area contributed by atoms with E-state index in [-0.39, 0.29) is 6.10 Å². The van der Waals surface area contributed by atoms with Crippen LogP contribution in [0.15, 0.2) is 0 Å². The lowest BCUT2D eigenvalue weighted by atomic mass is 9.98. The molecule has 0 aromatic rings. The Kier molecular flexibility index (Phi) is 5.45. The second kappa shape index (κ2) is 6.38. The highest BCUT2D eigenvalue weighted by Gasteiger charge is 2.25. The van der Waals surface area contributed by atoms with Crippen molar-refractivity contribution in [2.45, 2.75) is 45.3 Å². The van der Waals surface area contributed by atoms with Gasteiger partial charge in [-0.2, -0.15) is 0 Å². The Hall–Kier alpha value is -0.120. The zero-order valence-electron chi connectivity index (χ0n) is 9.41. The van der Waals surface area contributed by atoms with Crippen molar-refractivity contribution in [2.75, 3.05) is 26.3 Å². The van der Waals surface area contributed by atoms with E-state index < -0.39 is 0 Å². The fourth-order valence-corrected chi connectivity index (χ4v) is 2.17. The monoisotopic (exact) mass is 201 g/mol. The van der Waals surface area contributed by atoms with Crippen LogP contribution in [0.1, 0.15) is 33.1 Å². The molecule has 3 nitrogen and oxygen atoms in total. The second-order valence-electron chi connectivity index (χ2n) is 4.04. The average molecular weight is 201 g/mol. The van der Waals surface area contributed by atoms with E-state index in [4.69, 9.17) is 4.74 Å². The molecule has 1 aliphatic heterocycles. The Morgan fingerprint density at radius 2 is 2.29 bits per heavy atom. The maximum atomic E-state index is 9.62. The predicted molar refractivity (Wildman–Crippen MR) is 57.4 cm³/mol. The molecule has 0 spiro atoms. The first kappa shape index (κ1) is 12.0. The molecule has 0 saturated carbocycles. The van der Waals surface area contributed by atoms with Gasteiger partial charge in [0.25, 0.3) is 0 Å². The van der Waals surface area contributed by atoms with Gasteiger partial charge in [-0.25, -0.2) is 0 Å². The topological polar surface area (TPSA) is 32.7 Å². The number of hydrogen-bond acceptors (Lipinski definition) is 3. The van der Waals surface area contributed by atoms with E-state index in [2.05, 4.69) is 4.90 Å². The number of piperidine rings is 1. The van der Waals surface area contributed by atoms with Crippen LogP contribution < -0.4 is 0 Å². The SMILES string of the molecule is CCOCCN1CCCCC1C(C)O. The van der Waals surface area contributed by atoms with Crippen LogP contribution in [-0.4, -0.2) is 48.5 Å². The third-order valence-corrected chi connectivity index (χ3v) is 2.95. The summed E-state index contributed by atoms with van der Waals surface area (Å²) in [6.07, 6.45) is 3.43. The van der Waals surface area contributed by atoms with Crippen molar-refractivity contribution in [1.82, 2.24) is 4.90 Å². The zero-order valence-corrected chi connectivity index (χ0v) is 9.41. The van der Waals surface area contributed by atoms with Gasteiger partial charge in [0.1, 0.15) is 0 Å². The van der Waals surface area contributed by atoms with E-state index >= 15 is 0 Å². The molecule has 2 atom stereocenters. The van der Waals surface area contributed by atoms with Gasteiger partial charge in [-0.3, -0.25) is 4.90 Å². The third-order valence-electron chi connectivity index (χ3n) is 2.95. The summed E-state index contributed by atoms with van der Waals surface area (Å²) in [6.45, 7) is 7.56. The Morgan fingerprint density at radius 1 is 1.50 bits per heavy atom. The minimum absolute atomic E-state index is 0.211. The van der Waals surface area contributed by atoms with Gasteiger partial charge in [0.15, 0.2) is 0 Å². The maximum Gasteiger partial charge on any atom is 0.0667 e. The normalized spacial score (nSPS) is 26.4. The van der Waals surface area contributed by atoms with Gasteiger partial charge in [0.05, 0.1) is 12.7 Å². The van der Waals surface area contributed by atoms with Crippen LogP contribution in [0.25, 0.3) is 0 Å². The van der Waals surface area contributed by atoms with E-state index in [9.17, 15) is 5.11 Å². The molecular formula is C11H23NO2. The quantitative estimate of drug-likeness (QED) is 0.680. The molecule has 0 aromatic heterocycles. The van der Waals surface area contributed by atoms with Crippen molar-refractivity contribution in [3.05, 3.63) is 0 Å². The number of aliphatic hydroxyl groups excluding tert-OH is 1. The Morgan fingerprint density at radius 3 is 2.93 bits per heavy atom. The highest BCUT2D eigenvalue weighted by Crippen LogP contribution is 2.19. The summed E-state index contributed by atoms with van der Waals surface area (Å²) < 4.78 is 5.34. The predicted octanol–water partition coefficient (Wildman–Crippen LogP) is 1.26. The molecule has 3 heteroatoms. The number of hydrogen-bond donors (Lipinski definition) is 1. The van der Waals surface area contributed by atoms with Gasteiger partial charge in [-0.1, -0.05) is 6.42 Å². The highest BCUT2D eigenvalue weighted by molar-refractivity contribution is 4.80. The first-order valence-corrected chi connectivity index (χ1v) is 5.75. The molecule has 1 saturated heterocycles. The van der Waals surface area contributed by atoms with Crippen LogP contribution in [-0.2, 0) is 4.74 Å². The summed E-state index contributed by atoms with van der Waals surface area (Å²) in [5.74, 6) is 0. The van der Waals surface area contributed by atoms with Crippen molar-refractivity contribution in [1.29, 1.82) is 0 Å². The van der Waals surface area contributed by atoms with Gasteiger partial charge in [-0.15, -0.1) is 0 Å². The second-order valence-corrected chi connectivity index (χ2v) is 4.04. The van der Waals surface area contributed by atoms with E-state index in [0.29, 0.717) is 6.04 Å². The minimum Gasteiger partial charge on any atom is -0.392 e. The van der Waals surface area contributed by atoms with Gasteiger partial charge < -0.3 is 9.84 Å². The first-order valence-electron chi connectivity index (χ1n) is 5.75. The largest absolute Gasteiger partial charge is 0.392 e. The third kappa shape index (κ3) is 3.56. The van der Waals surface area contributed by atoms with Crippen molar-refractivity contribution < 1.29 is 9.84 Å². The highest BCUT2D eigenvalue weighted by atomic mass is 16.5. The summed E-state index contributed by atoms with van der Waals surface area (Å²) in [4.78, 5) is 2.36. The molecule has 1 fully saturated rings. The van der Waals surface area contributed by atoms with Crippen molar-refractivity contribution in [2.24, 2.45) is 0 Å². The van der Waals surface area contributed by atoms with Crippen LogP contribution >= 0.6 is 0 Å². The van der Waals surface area contributed by atoms with E-state index in [0.717, 1.165) is 32.7 Å². The minimum atomic E-state index is -0.211. The number of ether oxygens (including phenoxy) is 1. The van der Waals surface area contributed by atoms with E-state index in [1.807, 2.05) is 13.8 Å². The lowest BCUT2D eigenvalue weighted by Crippen LogP contribution is -2.47. The van der Waals surface area contributed by atoms with Gasteiger partial charge in [0.2, 0.25) is 0 Å². The summed E-state index contributed by atoms with van der Waals surface area (Å²) in [7, 11) is 0. The Bertz CT molecular complexity index is 150. The molecule has 2 unspecified atom stereocenters. The van der Waals surface area contributed by atoms with Gasteiger partial charge in [-0.05, 0) is 33.2 Å². The van der Waals surface area contributed by atoms with Crippen LogP contribution in [0, 0.1) is 0 Å². The van der Waals surface area contributed by atoms with Crippen molar-refractivity contribution in [3.8, 4) is 0 Å². The standard InChI is InChI=1S/C11H23NO2/c1-3-14-9-8-12-7-5-4-6-11(12)10(2)13/h10-11,13H,3-9H2,1-2H3. The zero-order chi connectivity index (χ0) is 10.4. The van der Waals surface area contributed by atoms with Crippen LogP contribution in [0.3, 0.4) is 0 Å². The fraction of sp³-hybridized carbons (Fsp3) is 1.00. The maximum absolute atomic E-state index is 9.62. The van der Waals surface area contributed by atoms with Gasteiger partial charge >= 0.3 is 0 Å². The molecule has 1 aliphatic rings. The molecule has 1 rings (SSSR count). The summed E-state index contributed by atoms with van der Waals surface area (Å²) >= 11 is 0. The number of aliphatic hydroxyl groups is 1. The average Bonchev–Trinajstić information content (AvgIpc) is 2.19. The summed E-state index contributed by atoms with van der Waals surface area (Å²) in [5.41, 5.74) is 0. The van der Waals surface area contributed by atoms with Crippen LogP contribution in [0.5, 0.6) is 0 Å². The van der Waals surface area contributed by atoms with Gasteiger partial charge in [0, 0.05) is 19.2 Å². The molecule has 84 valence electrons. The molecule has 0 bridgehead atoms. The molecule has 1 N–H and O–H groups in total. The lowest BCUT2D eigenvalue weighted by molar-refractivity contribution is 0.0168. The lowest BCUT2D eigenvalue weighted by Gasteiger charge is -2.37. The van der Waals surface area contributed by atoms with Crippen LogP contribution in [0.4, 0.5) is 0 Å². The molecule has 0 radical (unpaired) electrons. The van der Waals surface area contributed by atoms with Crippen molar-refractivity contribution in [3.63, 3.8) is 0 Å². The number of rotatable bonds is 5. The summed E-state index contributed by atoms with van der Waals surface area (Å²) in [5, 5.41) is 9.62. The van der Waals surface area contributed by atoms with Crippen molar-refractivity contribution >= 4 is 0 Å². The molecule has 1 heterocycles. The summed E-state index contributed by atoms with van der Waals surface area (Å²) in [6, 6.07) is 0.351.